The van der Waals surface area contributed by atoms with Crippen molar-refractivity contribution in [1.82, 2.24) is 9.97 Å². The van der Waals surface area contributed by atoms with E-state index in [4.69, 9.17) is 0 Å². The SMILES string of the molecule is C=CCc1ccc2n[c][nH]c2c1. The van der Waals surface area contributed by atoms with E-state index < -0.39 is 0 Å². The van der Waals surface area contributed by atoms with Crippen molar-refractivity contribution in [1.29, 1.82) is 0 Å². The molecule has 2 heteroatoms. The van der Waals surface area contributed by atoms with Gasteiger partial charge in [0.05, 0.1) is 11.0 Å². The van der Waals surface area contributed by atoms with Crippen LogP contribution in [0.15, 0.2) is 30.9 Å². The zero-order chi connectivity index (χ0) is 8.39. The predicted molar refractivity (Wildman–Crippen MR) is 48.8 cm³/mol. The van der Waals surface area contributed by atoms with Crippen molar-refractivity contribution in [2.75, 3.05) is 0 Å². The van der Waals surface area contributed by atoms with Gasteiger partial charge in [-0.1, -0.05) is 12.1 Å². The van der Waals surface area contributed by atoms with Gasteiger partial charge >= 0.3 is 0 Å². The van der Waals surface area contributed by atoms with Gasteiger partial charge < -0.3 is 4.98 Å². The monoisotopic (exact) mass is 157 g/mol. The average molecular weight is 157 g/mol. The lowest BCUT2D eigenvalue weighted by Crippen LogP contribution is -1.79. The van der Waals surface area contributed by atoms with Gasteiger partial charge in [-0.15, -0.1) is 6.58 Å². The van der Waals surface area contributed by atoms with Crippen LogP contribution in [0.25, 0.3) is 11.0 Å². The Morgan fingerprint density at radius 1 is 1.58 bits per heavy atom. The maximum atomic E-state index is 4.01. The molecule has 0 fully saturated rings. The number of H-pyrrole nitrogens is 1. The molecule has 2 nitrogen and oxygen atoms in total. The molecule has 0 atom stereocenters. The highest BCUT2D eigenvalue weighted by molar-refractivity contribution is 5.74. The summed E-state index contributed by atoms with van der Waals surface area (Å²) in [6, 6.07) is 6.11. The number of hydrogen-bond donors (Lipinski definition) is 1. The molecular formula is C10H9N2. The lowest BCUT2D eigenvalue weighted by molar-refractivity contribution is 1.28. The van der Waals surface area contributed by atoms with Crippen molar-refractivity contribution in [2.24, 2.45) is 0 Å². The van der Waals surface area contributed by atoms with Crippen molar-refractivity contribution in [3.63, 3.8) is 0 Å². The van der Waals surface area contributed by atoms with Crippen molar-refractivity contribution >= 4 is 11.0 Å². The summed E-state index contributed by atoms with van der Waals surface area (Å²) in [5.74, 6) is 0. The maximum absolute atomic E-state index is 4.01. The zero-order valence-corrected chi connectivity index (χ0v) is 6.67. The number of fused-ring (bicyclic) bond motifs is 1. The number of nitrogens with one attached hydrogen (secondary N) is 1. The molecule has 0 aliphatic heterocycles. The fraction of sp³-hybridized carbons (Fsp3) is 0.100. The van der Waals surface area contributed by atoms with Crippen LogP contribution >= 0.6 is 0 Å². The van der Waals surface area contributed by atoms with Crippen LogP contribution in [0.1, 0.15) is 5.56 Å². The van der Waals surface area contributed by atoms with Gasteiger partial charge in [-0.3, -0.25) is 0 Å². The summed E-state index contributed by atoms with van der Waals surface area (Å²) in [5, 5.41) is 0. The Morgan fingerprint density at radius 3 is 3.33 bits per heavy atom. The molecule has 0 amide bonds. The molecule has 2 rings (SSSR count). The van der Waals surface area contributed by atoms with Gasteiger partial charge in [-0.25, -0.2) is 4.98 Å². The normalized spacial score (nSPS) is 10.3. The van der Waals surface area contributed by atoms with Crippen LogP contribution in [0.4, 0.5) is 0 Å². The molecule has 1 radical (unpaired) electrons. The maximum Gasteiger partial charge on any atom is 0.174 e. The van der Waals surface area contributed by atoms with Gasteiger partial charge in [0.1, 0.15) is 0 Å². The van der Waals surface area contributed by atoms with Gasteiger partial charge in [0, 0.05) is 0 Å². The fourth-order valence-corrected chi connectivity index (χ4v) is 1.22. The predicted octanol–water partition coefficient (Wildman–Crippen LogP) is 2.09. The second kappa shape index (κ2) is 2.81. The Hall–Kier alpha value is -1.57. The lowest BCUT2D eigenvalue weighted by atomic mass is 10.1. The Kier molecular flexibility index (Phi) is 1.67. The summed E-state index contributed by atoms with van der Waals surface area (Å²) in [6.07, 6.45) is 5.49. The highest BCUT2D eigenvalue weighted by Crippen LogP contribution is 2.11. The molecule has 0 bridgehead atoms. The second-order valence-corrected chi connectivity index (χ2v) is 2.69. The number of aromatic amines is 1. The number of nitrogens with zero attached hydrogens (tertiary/aromatic N) is 1. The van der Waals surface area contributed by atoms with Crippen LogP contribution in [-0.2, 0) is 6.42 Å². The molecule has 1 N–H and O–H groups in total. The molecule has 1 aromatic carbocycles. The van der Waals surface area contributed by atoms with E-state index in [0.29, 0.717) is 0 Å². The molecule has 0 aliphatic carbocycles. The molecule has 1 aromatic heterocycles. The fourth-order valence-electron chi connectivity index (χ4n) is 1.22. The largest absolute Gasteiger partial charge is 0.335 e. The lowest BCUT2D eigenvalue weighted by Gasteiger charge is -1.94. The minimum absolute atomic E-state index is 0.898. The molecule has 2 aromatic rings. The van der Waals surface area contributed by atoms with E-state index in [-0.39, 0.29) is 0 Å². The topological polar surface area (TPSA) is 28.7 Å². The minimum Gasteiger partial charge on any atom is -0.335 e. The number of hydrogen-bond acceptors (Lipinski definition) is 1. The number of rotatable bonds is 2. The number of aromatic nitrogens is 2. The molecule has 12 heavy (non-hydrogen) atoms. The van der Waals surface area contributed by atoms with E-state index in [1.54, 1.807) is 0 Å². The van der Waals surface area contributed by atoms with Crippen molar-refractivity contribution in [3.05, 3.63) is 42.7 Å². The van der Waals surface area contributed by atoms with Crippen LogP contribution in [0.3, 0.4) is 0 Å². The van der Waals surface area contributed by atoms with Crippen molar-refractivity contribution in [2.45, 2.75) is 6.42 Å². The molecular weight excluding hydrogens is 148 g/mol. The van der Waals surface area contributed by atoms with E-state index >= 15 is 0 Å². The van der Waals surface area contributed by atoms with Crippen LogP contribution < -0.4 is 0 Å². The van der Waals surface area contributed by atoms with Gasteiger partial charge in [-0.05, 0) is 24.1 Å². The molecule has 0 unspecified atom stereocenters. The Balaban J connectivity index is 2.52. The summed E-state index contributed by atoms with van der Waals surface area (Å²) in [5.41, 5.74) is 3.24. The Bertz CT molecular complexity index is 401. The molecule has 0 aliphatic rings. The average Bonchev–Trinajstić information content (AvgIpc) is 2.51. The quantitative estimate of drug-likeness (QED) is 0.664. The van der Waals surface area contributed by atoms with Crippen molar-refractivity contribution in [3.8, 4) is 0 Å². The summed E-state index contributed by atoms with van der Waals surface area (Å²) < 4.78 is 0. The third kappa shape index (κ3) is 1.11. The van der Waals surface area contributed by atoms with Gasteiger partial charge in [-0.2, -0.15) is 0 Å². The number of imidazole rings is 1. The molecule has 0 saturated heterocycles. The van der Waals surface area contributed by atoms with Gasteiger partial charge in [0.15, 0.2) is 6.33 Å². The first-order valence-corrected chi connectivity index (χ1v) is 3.86. The number of benzene rings is 1. The first kappa shape index (κ1) is 7.10. The second-order valence-electron chi connectivity index (χ2n) is 2.69. The molecule has 0 spiro atoms. The van der Waals surface area contributed by atoms with Crippen LogP contribution in [0.5, 0.6) is 0 Å². The van der Waals surface area contributed by atoms with Gasteiger partial charge in [0.25, 0.3) is 0 Å². The Morgan fingerprint density at radius 2 is 2.50 bits per heavy atom. The molecule has 1 heterocycles. The summed E-state index contributed by atoms with van der Waals surface area (Å²) in [6.45, 7) is 3.69. The van der Waals surface area contributed by atoms with E-state index in [1.807, 2.05) is 12.1 Å². The smallest absolute Gasteiger partial charge is 0.174 e. The van der Waals surface area contributed by atoms with E-state index in [9.17, 15) is 0 Å². The minimum atomic E-state index is 0.898. The standard InChI is InChI=1S/C10H9N2/c1-2-3-8-4-5-9-10(6-8)12-7-11-9/h2,4-6H,1,3H2,(H,11,12). The van der Waals surface area contributed by atoms with Gasteiger partial charge in [0.2, 0.25) is 0 Å². The third-order valence-corrected chi connectivity index (χ3v) is 1.81. The highest BCUT2D eigenvalue weighted by atomic mass is 14.9. The number of allylic oxidation sites excluding steroid dienone is 1. The highest BCUT2D eigenvalue weighted by Gasteiger charge is 1.96. The first-order valence-electron chi connectivity index (χ1n) is 3.86. The zero-order valence-electron chi connectivity index (χ0n) is 6.67. The van der Waals surface area contributed by atoms with E-state index in [0.717, 1.165) is 17.5 Å². The molecule has 59 valence electrons. The summed E-state index contributed by atoms with van der Waals surface area (Å²) in [7, 11) is 0. The Labute approximate surface area is 70.9 Å². The summed E-state index contributed by atoms with van der Waals surface area (Å²) >= 11 is 0. The van der Waals surface area contributed by atoms with Crippen LogP contribution in [-0.4, -0.2) is 9.97 Å². The van der Waals surface area contributed by atoms with Crippen molar-refractivity contribution < 1.29 is 0 Å². The van der Waals surface area contributed by atoms with E-state index in [2.05, 4.69) is 35.0 Å². The van der Waals surface area contributed by atoms with Crippen LogP contribution in [0.2, 0.25) is 0 Å². The van der Waals surface area contributed by atoms with E-state index in [1.165, 1.54) is 5.56 Å². The molecule has 0 saturated carbocycles. The van der Waals surface area contributed by atoms with Crippen LogP contribution in [0, 0.1) is 6.33 Å². The third-order valence-electron chi connectivity index (χ3n) is 1.81. The first-order chi connectivity index (χ1) is 5.90. The summed E-state index contributed by atoms with van der Waals surface area (Å²) in [4.78, 5) is 6.96.